The third-order valence-electron chi connectivity index (χ3n) is 4.70. The van der Waals surface area contributed by atoms with Crippen molar-refractivity contribution in [3.8, 4) is 5.75 Å². The minimum absolute atomic E-state index is 0.0341. The summed E-state index contributed by atoms with van der Waals surface area (Å²) < 4.78 is 10.4. The molecule has 2 aromatic rings. The second kappa shape index (κ2) is 7.64. The molecule has 1 aromatic heterocycles. The minimum Gasteiger partial charge on any atom is -0.497 e. The molecule has 0 spiro atoms. The highest BCUT2D eigenvalue weighted by Gasteiger charge is 2.31. The van der Waals surface area contributed by atoms with Crippen molar-refractivity contribution >= 4 is 11.8 Å². The van der Waals surface area contributed by atoms with E-state index in [9.17, 15) is 9.59 Å². The molecule has 2 amide bonds. The molecule has 0 bridgehead atoms. The Morgan fingerprint density at radius 3 is 2.69 bits per heavy atom. The maximum atomic E-state index is 13.1. The number of furan rings is 1. The number of carbonyl (C=O) groups is 2. The molecule has 0 fully saturated rings. The SMILES string of the molecule is COc1ccc2c(c1)CN(C(=O)C(NC(=O)c1ccco1)C(C)C)CC2. The molecule has 1 aromatic carbocycles. The van der Waals surface area contributed by atoms with Crippen molar-refractivity contribution in [2.45, 2.75) is 32.9 Å². The van der Waals surface area contributed by atoms with Crippen LogP contribution in [0.15, 0.2) is 41.0 Å². The summed E-state index contributed by atoms with van der Waals surface area (Å²) >= 11 is 0. The fraction of sp³-hybridized carbons (Fsp3) is 0.400. The first-order valence-electron chi connectivity index (χ1n) is 8.78. The molecule has 1 N–H and O–H groups in total. The van der Waals surface area contributed by atoms with Gasteiger partial charge in [-0.15, -0.1) is 0 Å². The van der Waals surface area contributed by atoms with Crippen molar-refractivity contribution < 1.29 is 18.7 Å². The van der Waals surface area contributed by atoms with Crippen LogP contribution in [0.1, 0.15) is 35.5 Å². The van der Waals surface area contributed by atoms with Crippen molar-refractivity contribution in [1.29, 1.82) is 0 Å². The third kappa shape index (κ3) is 3.74. The monoisotopic (exact) mass is 356 g/mol. The van der Waals surface area contributed by atoms with Gasteiger partial charge in [0.2, 0.25) is 5.91 Å². The molecule has 6 nitrogen and oxygen atoms in total. The summed E-state index contributed by atoms with van der Waals surface area (Å²) in [7, 11) is 1.63. The van der Waals surface area contributed by atoms with Gasteiger partial charge in [-0.1, -0.05) is 19.9 Å². The van der Waals surface area contributed by atoms with Crippen LogP contribution >= 0.6 is 0 Å². The molecule has 1 aliphatic rings. The Morgan fingerprint density at radius 1 is 1.23 bits per heavy atom. The molecule has 1 unspecified atom stereocenters. The maximum Gasteiger partial charge on any atom is 0.287 e. The van der Waals surface area contributed by atoms with Gasteiger partial charge in [0.1, 0.15) is 11.8 Å². The molecule has 3 rings (SSSR count). The van der Waals surface area contributed by atoms with Crippen LogP contribution in [0.5, 0.6) is 5.75 Å². The van der Waals surface area contributed by atoms with Gasteiger partial charge in [-0.3, -0.25) is 9.59 Å². The topological polar surface area (TPSA) is 71.8 Å². The van der Waals surface area contributed by atoms with Gasteiger partial charge < -0.3 is 19.4 Å². The van der Waals surface area contributed by atoms with Crippen LogP contribution in [-0.2, 0) is 17.8 Å². The highest BCUT2D eigenvalue weighted by molar-refractivity contribution is 5.95. The average molecular weight is 356 g/mol. The van der Waals surface area contributed by atoms with Gasteiger partial charge >= 0.3 is 0 Å². The number of nitrogens with one attached hydrogen (secondary N) is 1. The predicted molar refractivity (Wildman–Crippen MR) is 96.9 cm³/mol. The van der Waals surface area contributed by atoms with Gasteiger partial charge in [0.25, 0.3) is 5.91 Å². The summed E-state index contributed by atoms with van der Waals surface area (Å²) in [5.41, 5.74) is 2.32. The molecule has 1 aliphatic heterocycles. The van der Waals surface area contributed by atoms with E-state index in [1.807, 2.05) is 26.0 Å². The fourth-order valence-electron chi connectivity index (χ4n) is 3.18. The van der Waals surface area contributed by atoms with Crippen molar-refractivity contribution in [1.82, 2.24) is 10.2 Å². The van der Waals surface area contributed by atoms with E-state index in [1.165, 1.54) is 11.8 Å². The smallest absolute Gasteiger partial charge is 0.287 e. The van der Waals surface area contributed by atoms with E-state index >= 15 is 0 Å². The molecule has 0 radical (unpaired) electrons. The number of hydrogen-bond acceptors (Lipinski definition) is 4. The van der Waals surface area contributed by atoms with Gasteiger partial charge in [0.05, 0.1) is 13.4 Å². The molecule has 0 saturated carbocycles. The van der Waals surface area contributed by atoms with Crippen molar-refractivity contribution in [3.63, 3.8) is 0 Å². The molecule has 138 valence electrons. The van der Waals surface area contributed by atoms with Crippen LogP contribution in [0.25, 0.3) is 0 Å². The van der Waals surface area contributed by atoms with Gasteiger partial charge in [-0.2, -0.15) is 0 Å². The number of fused-ring (bicyclic) bond motifs is 1. The van der Waals surface area contributed by atoms with E-state index in [0.29, 0.717) is 13.1 Å². The Bertz CT molecular complexity index is 783. The number of ether oxygens (including phenoxy) is 1. The second-order valence-electron chi connectivity index (χ2n) is 6.82. The van der Waals surface area contributed by atoms with Gasteiger partial charge in [-0.25, -0.2) is 0 Å². The van der Waals surface area contributed by atoms with Crippen LogP contribution in [0.4, 0.5) is 0 Å². The summed E-state index contributed by atoms with van der Waals surface area (Å²) in [6.07, 6.45) is 2.23. The summed E-state index contributed by atoms with van der Waals surface area (Å²) in [5.74, 6) is 0.504. The molecule has 6 heteroatoms. The molecule has 26 heavy (non-hydrogen) atoms. The van der Waals surface area contributed by atoms with Crippen LogP contribution < -0.4 is 10.1 Å². The highest BCUT2D eigenvalue weighted by Crippen LogP contribution is 2.24. The van der Waals surface area contributed by atoms with E-state index in [0.717, 1.165) is 17.7 Å². The Kier molecular flexibility index (Phi) is 5.30. The Balaban J connectivity index is 1.74. The zero-order valence-corrected chi connectivity index (χ0v) is 15.3. The zero-order chi connectivity index (χ0) is 18.7. The van der Waals surface area contributed by atoms with Crippen molar-refractivity contribution in [2.75, 3.05) is 13.7 Å². The molecule has 1 atom stereocenters. The first-order chi connectivity index (χ1) is 12.5. The van der Waals surface area contributed by atoms with E-state index in [4.69, 9.17) is 9.15 Å². The molecular weight excluding hydrogens is 332 g/mol. The normalized spacial score (nSPS) is 14.7. The number of nitrogens with zero attached hydrogens (tertiary/aromatic N) is 1. The van der Waals surface area contributed by atoms with Crippen LogP contribution in [-0.4, -0.2) is 36.4 Å². The fourth-order valence-corrected chi connectivity index (χ4v) is 3.18. The average Bonchev–Trinajstić information content (AvgIpc) is 3.19. The number of rotatable bonds is 5. The summed E-state index contributed by atoms with van der Waals surface area (Å²) in [6, 6.07) is 8.60. The molecule has 0 saturated heterocycles. The lowest BCUT2D eigenvalue weighted by Gasteiger charge is -2.33. The number of hydrogen-bond donors (Lipinski definition) is 1. The zero-order valence-electron chi connectivity index (χ0n) is 15.3. The Labute approximate surface area is 153 Å². The first-order valence-corrected chi connectivity index (χ1v) is 8.78. The Morgan fingerprint density at radius 2 is 2.04 bits per heavy atom. The van der Waals surface area contributed by atoms with Crippen molar-refractivity contribution in [3.05, 3.63) is 53.5 Å². The summed E-state index contributed by atoms with van der Waals surface area (Å²) in [5, 5.41) is 2.81. The second-order valence-corrected chi connectivity index (χ2v) is 6.82. The molecule has 0 aliphatic carbocycles. The van der Waals surface area contributed by atoms with Crippen molar-refractivity contribution in [2.24, 2.45) is 5.92 Å². The first kappa shape index (κ1) is 18.0. The van der Waals surface area contributed by atoms with E-state index < -0.39 is 6.04 Å². The largest absolute Gasteiger partial charge is 0.497 e. The van der Waals surface area contributed by atoms with Gasteiger partial charge in [0, 0.05) is 13.1 Å². The Hall–Kier alpha value is -2.76. The van der Waals surface area contributed by atoms with Crippen LogP contribution in [0.3, 0.4) is 0 Å². The van der Waals surface area contributed by atoms with Gasteiger partial charge in [0.15, 0.2) is 5.76 Å². The lowest BCUT2D eigenvalue weighted by atomic mass is 9.97. The van der Waals surface area contributed by atoms with E-state index in [-0.39, 0.29) is 23.5 Å². The highest BCUT2D eigenvalue weighted by atomic mass is 16.5. The van der Waals surface area contributed by atoms with Crippen LogP contribution in [0.2, 0.25) is 0 Å². The summed E-state index contributed by atoms with van der Waals surface area (Å²) in [6.45, 7) is 5.00. The third-order valence-corrected chi connectivity index (χ3v) is 4.70. The van der Waals surface area contributed by atoms with E-state index in [1.54, 1.807) is 24.1 Å². The van der Waals surface area contributed by atoms with Crippen LogP contribution in [0, 0.1) is 5.92 Å². The number of benzene rings is 1. The minimum atomic E-state index is -0.597. The number of carbonyl (C=O) groups excluding carboxylic acids is 2. The maximum absolute atomic E-state index is 13.1. The van der Waals surface area contributed by atoms with Gasteiger partial charge in [-0.05, 0) is 47.7 Å². The molecular formula is C20H24N2O4. The predicted octanol–water partition coefficient (Wildman–Crippen LogP) is 2.63. The number of amides is 2. The molecule has 2 heterocycles. The quantitative estimate of drug-likeness (QED) is 0.894. The lowest BCUT2D eigenvalue weighted by Crippen LogP contribution is -2.52. The summed E-state index contributed by atoms with van der Waals surface area (Å²) in [4.78, 5) is 27.2. The van der Waals surface area contributed by atoms with E-state index in [2.05, 4.69) is 11.4 Å². The number of methoxy groups -OCH3 is 1. The lowest BCUT2D eigenvalue weighted by molar-refractivity contribution is -0.135. The standard InChI is InChI=1S/C20H24N2O4/c1-13(2)18(21-19(23)17-5-4-10-26-17)20(24)22-9-8-14-6-7-16(25-3)11-15(14)12-22/h4-7,10-11,13,18H,8-9,12H2,1-3H3,(H,21,23).